The van der Waals surface area contributed by atoms with E-state index in [1.165, 1.54) is 6.07 Å². The number of carbonyl (C=O) groups excluding carboxylic acids is 1. The minimum Gasteiger partial charge on any atom is -0.352 e. The highest BCUT2D eigenvalue weighted by atomic mass is 35.5. The van der Waals surface area contributed by atoms with Crippen LogP contribution in [0.25, 0.3) is 0 Å². The van der Waals surface area contributed by atoms with Crippen molar-refractivity contribution >= 4 is 17.5 Å². The molecular formula is C13H16ClF3N2O. The monoisotopic (exact) mass is 308 g/mol. The van der Waals surface area contributed by atoms with Crippen molar-refractivity contribution < 1.29 is 18.0 Å². The fourth-order valence-corrected chi connectivity index (χ4v) is 1.75. The lowest BCUT2D eigenvalue weighted by Gasteiger charge is -2.10. The zero-order valence-electron chi connectivity index (χ0n) is 11.2. The lowest BCUT2D eigenvalue weighted by molar-refractivity contribution is -0.135. The maximum absolute atomic E-state index is 12.0. The number of nitrogens with one attached hydrogen (secondary N) is 1. The van der Waals surface area contributed by atoms with Crippen molar-refractivity contribution in [1.29, 1.82) is 0 Å². The molecule has 1 aromatic rings. The van der Waals surface area contributed by atoms with Gasteiger partial charge in [0.05, 0.1) is 0 Å². The first-order chi connectivity index (χ1) is 9.19. The largest absolute Gasteiger partial charge is 0.389 e. The van der Waals surface area contributed by atoms with Gasteiger partial charge >= 0.3 is 6.18 Å². The van der Waals surface area contributed by atoms with E-state index in [-0.39, 0.29) is 24.0 Å². The normalized spacial score (nSPS) is 11.8. The van der Waals surface area contributed by atoms with Crippen LogP contribution in [0.15, 0.2) is 12.1 Å². The molecule has 0 saturated heterocycles. The van der Waals surface area contributed by atoms with E-state index in [9.17, 15) is 18.0 Å². The number of rotatable bonds is 5. The number of alkyl halides is 3. The molecule has 0 spiro atoms. The Balaban J connectivity index is 2.59. The van der Waals surface area contributed by atoms with Crippen LogP contribution in [0.4, 0.5) is 13.2 Å². The Bertz CT molecular complexity index is 475. The van der Waals surface area contributed by atoms with Gasteiger partial charge in [0, 0.05) is 24.2 Å². The Morgan fingerprint density at radius 2 is 2.05 bits per heavy atom. The minimum atomic E-state index is -4.20. The molecule has 0 atom stereocenters. The molecule has 0 radical (unpaired) electrons. The van der Waals surface area contributed by atoms with Crippen molar-refractivity contribution in [3.05, 3.63) is 28.5 Å². The van der Waals surface area contributed by atoms with Gasteiger partial charge in [-0.05, 0) is 24.5 Å². The predicted molar refractivity (Wildman–Crippen MR) is 71.0 cm³/mol. The summed E-state index contributed by atoms with van der Waals surface area (Å²) in [6.07, 6.45) is -5.26. The summed E-state index contributed by atoms with van der Waals surface area (Å²) in [5.74, 6) is -0.344. The SMILES string of the molecule is CC(C)c1cc(C(=O)NCCCC(F)(F)F)cc(Cl)n1. The van der Waals surface area contributed by atoms with Crippen LogP contribution in [0.3, 0.4) is 0 Å². The van der Waals surface area contributed by atoms with Crippen LogP contribution in [0.5, 0.6) is 0 Å². The summed E-state index contributed by atoms with van der Waals surface area (Å²) < 4.78 is 35.9. The molecule has 1 rings (SSSR count). The zero-order chi connectivity index (χ0) is 15.3. The molecule has 0 aromatic carbocycles. The summed E-state index contributed by atoms with van der Waals surface area (Å²) >= 11 is 5.82. The number of halogens is 4. The molecule has 0 saturated carbocycles. The van der Waals surface area contributed by atoms with Crippen LogP contribution < -0.4 is 5.32 Å². The number of hydrogen-bond acceptors (Lipinski definition) is 2. The Morgan fingerprint density at radius 1 is 1.40 bits per heavy atom. The molecular weight excluding hydrogens is 293 g/mol. The molecule has 1 amide bonds. The van der Waals surface area contributed by atoms with Crippen LogP contribution >= 0.6 is 11.6 Å². The lowest BCUT2D eigenvalue weighted by atomic mass is 10.1. The van der Waals surface area contributed by atoms with Gasteiger partial charge in [0.25, 0.3) is 5.91 Å². The van der Waals surface area contributed by atoms with Gasteiger partial charge in [-0.3, -0.25) is 4.79 Å². The third-order valence-corrected chi connectivity index (χ3v) is 2.78. The van der Waals surface area contributed by atoms with E-state index < -0.39 is 18.5 Å². The van der Waals surface area contributed by atoms with E-state index in [4.69, 9.17) is 11.6 Å². The second-order valence-electron chi connectivity index (χ2n) is 4.73. The highest BCUT2D eigenvalue weighted by molar-refractivity contribution is 6.29. The van der Waals surface area contributed by atoms with Crippen LogP contribution in [-0.4, -0.2) is 23.6 Å². The molecule has 20 heavy (non-hydrogen) atoms. The van der Waals surface area contributed by atoms with Crippen LogP contribution in [0.2, 0.25) is 5.15 Å². The Labute approximate surface area is 120 Å². The van der Waals surface area contributed by atoms with E-state index in [1.807, 2.05) is 13.8 Å². The van der Waals surface area contributed by atoms with Crippen molar-refractivity contribution in [2.75, 3.05) is 6.54 Å². The Morgan fingerprint density at radius 3 is 2.60 bits per heavy atom. The Kier molecular flexibility index (Phi) is 5.80. The highest BCUT2D eigenvalue weighted by Crippen LogP contribution is 2.21. The smallest absolute Gasteiger partial charge is 0.352 e. The van der Waals surface area contributed by atoms with Crippen molar-refractivity contribution in [2.45, 2.75) is 38.8 Å². The van der Waals surface area contributed by atoms with Gasteiger partial charge in [-0.25, -0.2) is 4.98 Å². The number of aromatic nitrogens is 1. The molecule has 1 heterocycles. The van der Waals surface area contributed by atoms with Gasteiger partial charge in [0.15, 0.2) is 0 Å². The van der Waals surface area contributed by atoms with E-state index in [0.29, 0.717) is 11.3 Å². The number of nitrogens with zero attached hydrogens (tertiary/aromatic N) is 1. The average Bonchev–Trinajstić information content (AvgIpc) is 2.32. The molecule has 112 valence electrons. The summed E-state index contributed by atoms with van der Waals surface area (Å²) in [6, 6.07) is 2.99. The van der Waals surface area contributed by atoms with E-state index >= 15 is 0 Å². The average molecular weight is 309 g/mol. The number of pyridine rings is 1. The van der Waals surface area contributed by atoms with Crippen molar-refractivity contribution in [3.8, 4) is 0 Å². The molecule has 0 aliphatic carbocycles. The predicted octanol–water partition coefficient (Wildman–Crippen LogP) is 3.93. The van der Waals surface area contributed by atoms with Gasteiger partial charge in [0.2, 0.25) is 0 Å². The molecule has 1 N–H and O–H groups in total. The lowest BCUT2D eigenvalue weighted by Crippen LogP contribution is -2.25. The highest BCUT2D eigenvalue weighted by Gasteiger charge is 2.26. The molecule has 3 nitrogen and oxygen atoms in total. The third-order valence-electron chi connectivity index (χ3n) is 2.59. The molecule has 0 bridgehead atoms. The first-order valence-corrected chi connectivity index (χ1v) is 6.59. The molecule has 1 aromatic heterocycles. The molecule has 0 aliphatic rings. The maximum Gasteiger partial charge on any atom is 0.389 e. The topological polar surface area (TPSA) is 42.0 Å². The molecule has 0 aliphatic heterocycles. The van der Waals surface area contributed by atoms with E-state index in [2.05, 4.69) is 10.3 Å². The van der Waals surface area contributed by atoms with Gasteiger partial charge in [-0.15, -0.1) is 0 Å². The summed E-state index contributed by atoms with van der Waals surface area (Å²) in [4.78, 5) is 15.9. The fraction of sp³-hybridized carbons (Fsp3) is 0.538. The first kappa shape index (κ1) is 16.8. The summed E-state index contributed by atoms with van der Waals surface area (Å²) in [5, 5.41) is 2.63. The van der Waals surface area contributed by atoms with Crippen molar-refractivity contribution in [1.82, 2.24) is 10.3 Å². The van der Waals surface area contributed by atoms with Crippen LogP contribution in [0.1, 0.15) is 48.7 Å². The van der Waals surface area contributed by atoms with E-state index in [0.717, 1.165) is 0 Å². The maximum atomic E-state index is 12.0. The fourth-order valence-electron chi connectivity index (χ4n) is 1.54. The van der Waals surface area contributed by atoms with Crippen molar-refractivity contribution in [2.24, 2.45) is 0 Å². The van der Waals surface area contributed by atoms with E-state index in [1.54, 1.807) is 6.07 Å². The molecule has 7 heteroatoms. The second kappa shape index (κ2) is 6.92. The number of carbonyl (C=O) groups is 1. The molecule has 0 unspecified atom stereocenters. The van der Waals surface area contributed by atoms with Gasteiger partial charge in [-0.1, -0.05) is 25.4 Å². The number of amides is 1. The quantitative estimate of drug-likeness (QED) is 0.661. The summed E-state index contributed by atoms with van der Waals surface area (Å²) in [5.41, 5.74) is 0.971. The van der Waals surface area contributed by atoms with Gasteiger partial charge in [0.1, 0.15) is 5.15 Å². The number of hydrogen-bond donors (Lipinski definition) is 1. The molecule has 0 fully saturated rings. The van der Waals surface area contributed by atoms with Gasteiger partial charge in [-0.2, -0.15) is 13.2 Å². The van der Waals surface area contributed by atoms with Gasteiger partial charge < -0.3 is 5.32 Å². The van der Waals surface area contributed by atoms with Crippen LogP contribution in [-0.2, 0) is 0 Å². The zero-order valence-corrected chi connectivity index (χ0v) is 12.0. The standard InChI is InChI=1S/C13H16ClF3N2O/c1-8(2)10-6-9(7-11(14)19-10)12(20)18-5-3-4-13(15,16)17/h6-8H,3-5H2,1-2H3,(H,18,20). The third kappa shape index (κ3) is 5.77. The summed E-state index contributed by atoms with van der Waals surface area (Å²) in [6.45, 7) is 3.78. The summed E-state index contributed by atoms with van der Waals surface area (Å²) in [7, 11) is 0. The first-order valence-electron chi connectivity index (χ1n) is 6.21. The van der Waals surface area contributed by atoms with Crippen molar-refractivity contribution in [3.63, 3.8) is 0 Å². The Hall–Kier alpha value is -1.30. The second-order valence-corrected chi connectivity index (χ2v) is 5.12. The van der Waals surface area contributed by atoms with Crippen LogP contribution in [0, 0.1) is 0 Å². The minimum absolute atomic E-state index is 0.0324.